The summed E-state index contributed by atoms with van der Waals surface area (Å²) < 4.78 is 28.3. The summed E-state index contributed by atoms with van der Waals surface area (Å²) in [5.41, 5.74) is 6.67. The fourth-order valence-corrected chi connectivity index (χ4v) is 4.40. The van der Waals surface area contributed by atoms with Crippen molar-refractivity contribution in [1.29, 1.82) is 0 Å². The number of nitrogens with zero attached hydrogens (tertiary/aromatic N) is 2. The van der Waals surface area contributed by atoms with E-state index in [2.05, 4.69) is 29.5 Å². The normalized spacial score (nSPS) is 13.5. The molecule has 89 heavy (non-hydrogen) atoms. The molecule has 1 aliphatic heterocycles. The van der Waals surface area contributed by atoms with Crippen molar-refractivity contribution in [2.45, 2.75) is 116 Å². The quantitative estimate of drug-likeness (QED) is 0.0149. The van der Waals surface area contributed by atoms with Crippen molar-refractivity contribution in [2.75, 3.05) is 52.7 Å². The number of Topliss-reactive ketones (excluding diaryl/α,β-unsaturated/α-hetero) is 3. The number of ketones is 3. The number of halogens is 1. The predicted octanol–water partition coefficient (Wildman–Crippen LogP) is 5.95. The van der Waals surface area contributed by atoms with E-state index in [1.54, 1.807) is 48.5 Å². The predicted molar refractivity (Wildman–Crippen MR) is 345 cm³/mol. The van der Waals surface area contributed by atoms with Crippen LogP contribution in [0.5, 0.6) is 0 Å². The SMILES string of the molecule is CC(=O)[C@H](C)CO.CC(=O)[C@H](C)COCc1ccccc1.CCC(=O)Cl.CCC(C)=O.C[C@@H]1CN(OP)C1=O.C[C@H](CN(C=O)OP)C(=O)O.C[C@H](CNOP)C(=O)O.C[C@H](CO)C(=O)NOP.C[C@H](CO)C(=O)O.C[C@H](COCc1ccccc1)C(=O)O. The Morgan fingerprint density at radius 2 is 1.00 bits per heavy atom. The van der Waals surface area contributed by atoms with Crippen LogP contribution in [-0.4, -0.2) is 163 Å². The molecular weight excluding hydrogens is 1270 g/mol. The Hall–Kier alpha value is -4.98. The van der Waals surface area contributed by atoms with E-state index in [1.807, 2.05) is 119 Å². The third-order valence-corrected chi connectivity index (χ3v) is 11.7. The van der Waals surface area contributed by atoms with Gasteiger partial charge in [0.05, 0.1) is 94.8 Å². The van der Waals surface area contributed by atoms with Crippen molar-refractivity contribution in [2.24, 2.45) is 47.3 Å². The van der Waals surface area contributed by atoms with Crippen LogP contribution >= 0.6 is 49.5 Å². The molecule has 9 N–H and O–H groups in total. The number of aliphatic hydroxyl groups is 3. The van der Waals surface area contributed by atoms with Gasteiger partial charge in [-0.15, -0.1) is 0 Å². The summed E-state index contributed by atoms with van der Waals surface area (Å²) in [4.78, 5) is 112. The lowest BCUT2D eigenvalue weighted by atomic mass is 10.1. The molecule has 3 amide bonds. The van der Waals surface area contributed by atoms with Crippen molar-refractivity contribution in [3.63, 3.8) is 0 Å². The third kappa shape index (κ3) is 67.2. The van der Waals surface area contributed by atoms with E-state index in [0.29, 0.717) is 45.6 Å². The summed E-state index contributed by atoms with van der Waals surface area (Å²) >= 11 is 4.82. The molecule has 0 aromatic heterocycles. The molecule has 0 saturated carbocycles. The van der Waals surface area contributed by atoms with Gasteiger partial charge in [-0.05, 0) is 57.3 Å². The number of hydroxylamine groups is 6. The Labute approximate surface area is 537 Å². The van der Waals surface area contributed by atoms with Crippen LogP contribution in [0.2, 0.25) is 0 Å². The highest BCUT2D eigenvalue weighted by Gasteiger charge is 2.33. The molecule has 0 spiro atoms. The van der Waals surface area contributed by atoms with Gasteiger partial charge in [-0.1, -0.05) is 116 Å². The zero-order valence-corrected chi connectivity index (χ0v) is 58.5. The molecule has 0 bridgehead atoms. The number of nitrogens with one attached hydrogen (secondary N) is 2. The number of carbonyl (C=O) groups excluding carboxylic acids is 7. The number of hydrogen-bond acceptors (Lipinski definition) is 21. The minimum absolute atomic E-state index is 0.00119. The Bertz CT molecular complexity index is 2110. The van der Waals surface area contributed by atoms with E-state index in [0.717, 1.165) is 22.7 Å². The second kappa shape index (κ2) is 66.0. The Morgan fingerprint density at radius 1 is 0.618 bits per heavy atom. The molecule has 0 aliphatic carbocycles. The van der Waals surface area contributed by atoms with Gasteiger partial charge >= 0.3 is 23.9 Å². The molecule has 33 heteroatoms. The second-order valence-electron chi connectivity index (χ2n) is 19.0. The zero-order valence-electron chi connectivity index (χ0n) is 53.1. The Kier molecular flexibility index (Phi) is 72.3. The number of carboxylic acid groups (broad SMARTS) is 4. The van der Waals surface area contributed by atoms with Crippen molar-refractivity contribution in [1.82, 2.24) is 21.1 Å². The topological polar surface area (TPSA) is 415 Å². The maximum Gasteiger partial charge on any atom is 0.308 e. The number of ether oxygens (including phenoxy) is 2. The molecular formula is C56H99ClN4O24P4. The lowest BCUT2D eigenvalue weighted by molar-refractivity contribution is -0.181. The number of benzene rings is 2. The molecule has 1 fully saturated rings. The molecule has 1 aliphatic rings. The fourth-order valence-electron chi connectivity index (χ4n) is 3.86. The van der Waals surface area contributed by atoms with Gasteiger partial charge in [0, 0.05) is 69.1 Å². The van der Waals surface area contributed by atoms with Gasteiger partial charge < -0.3 is 50.0 Å². The number of rotatable bonds is 29. The van der Waals surface area contributed by atoms with E-state index < -0.39 is 53.5 Å². The maximum absolute atomic E-state index is 10.9. The standard InChI is InChI=1S/C12H16O2.C11H14O3.C5H10NO4P.C5H10O2.2C4H10NO3P.C4H8NO2P.C4H8O3.C4H8O.C3H5ClO/c1-10(11(2)13)8-14-9-12-6-4-3-5-7-12;1-9(11(12)13)7-14-8-10-5-3-2-4-6-10;1-4(5(8)9)2-6(3-7)10-11;1-4(3-6)5(2)7;1-3(2-6)4(7)5-8-9;1-3(4(6)7)2-5-8-9;1-3-2-5(7-8)4(3)6;1-3(2-5)4(6)7;1-3-4(2)5;1-2-3(4)5/h3-7,10H,8-9H2,1-2H3;2-6,9H,7-8H2,1H3,(H,12,13);3-4H,2,11H2,1H3,(H,8,9);4,6H,3H2,1-2H3;3,6H,2,9H2,1H3,(H,5,7);3,5H,2,9H2,1H3,(H,6,7);3H,2,8H2,1H3;3,5H,2H2,1H3,(H,6,7);3H2,1-2H3;2H2,1H3/t10-;9-;2*4-;4*3-;;/m11111111../s1. The molecule has 0 radical (unpaired) electrons. The first kappa shape index (κ1) is 97.6. The van der Waals surface area contributed by atoms with Crippen LogP contribution in [0.4, 0.5) is 0 Å². The van der Waals surface area contributed by atoms with E-state index in [1.165, 1.54) is 25.8 Å². The average Bonchev–Trinajstić information content (AvgIpc) is 2.74. The van der Waals surface area contributed by atoms with Crippen LogP contribution in [0.3, 0.4) is 0 Å². The average molecular weight is 1370 g/mol. The van der Waals surface area contributed by atoms with Gasteiger partial charge in [-0.3, -0.25) is 66.4 Å². The highest BCUT2D eigenvalue weighted by Crippen LogP contribution is 2.18. The van der Waals surface area contributed by atoms with Crippen LogP contribution in [-0.2, 0) is 93.9 Å². The number of aliphatic hydroxyl groups excluding tert-OH is 3. The van der Waals surface area contributed by atoms with Crippen LogP contribution in [0, 0.1) is 47.3 Å². The Balaban J connectivity index is -0.000000171. The van der Waals surface area contributed by atoms with Crippen molar-refractivity contribution >= 4 is 114 Å². The first-order chi connectivity index (χ1) is 41.6. The third-order valence-electron chi connectivity index (χ3n) is 10.7. The van der Waals surface area contributed by atoms with Gasteiger partial charge in [0.15, 0.2) is 0 Å². The van der Waals surface area contributed by atoms with Crippen LogP contribution in [0.15, 0.2) is 60.7 Å². The second-order valence-corrected chi connectivity index (χ2v) is 20.3. The smallest absolute Gasteiger partial charge is 0.308 e. The van der Waals surface area contributed by atoms with Crippen molar-refractivity contribution in [3.8, 4) is 0 Å². The number of carboxylic acids is 4. The van der Waals surface area contributed by atoms with E-state index in [4.69, 9.17) is 56.8 Å². The summed E-state index contributed by atoms with van der Waals surface area (Å²) in [5.74, 6) is -5.88. The maximum atomic E-state index is 10.9. The van der Waals surface area contributed by atoms with Gasteiger partial charge in [0.1, 0.15) is 17.3 Å². The molecule has 2 aromatic rings. The van der Waals surface area contributed by atoms with Crippen molar-refractivity contribution < 1.29 is 116 Å². The largest absolute Gasteiger partial charge is 0.481 e. The molecule has 1 heterocycles. The molecule has 514 valence electrons. The lowest BCUT2D eigenvalue weighted by Gasteiger charge is -2.33. The molecule has 2 aromatic carbocycles. The highest BCUT2D eigenvalue weighted by atomic mass is 35.5. The monoisotopic (exact) mass is 1370 g/mol. The number of carbonyl (C=O) groups is 11. The lowest BCUT2D eigenvalue weighted by Crippen LogP contribution is -2.49. The Morgan fingerprint density at radius 3 is 1.22 bits per heavy atom. The molecule has 1 saturated heterocycles. The van der Waals surface area contributed by atoms with E-state index >= 15 is 0 Å². The number of amides is 3. The first-order valence-electron chi connectivity index (χ1n) is 27.2. The minimum Gasteiger partial charge on any atom is -0.481 e. The summed E-state index contributed by atoms with van der Waals surface area (Å²) in [6.45, 7) is 23.9. The van der Waals surface area contributed by atoms with E-state index in [-0.39, 0.29) is 85.1 Å². The first-order valence-corrected chi connectivity index (χ1v) is 29.5. The summed E-state index contributed by atoms with van der Waals surface area (Å²) in [6, 6.07) is 19.7. The number of aliphatic carboxylic acids is 4. The summed E-state index contributed by atoms with van der Waals surface area (Å²) in [5, 5.41) is 60.1. The van der Waals surface area contributed by atoms with E-state index in [9.17, 15) is 52.7 Å². The molecule has 3 rings (SSSR count). The summed E-state index contributed by atoms with van der Waals surface area (Å²) in [7, 11) is 7.75. The summed E-state index contributed by atoms with van der Waals surface area (Å²) in [6.07, 6.45) is 1.52. The number of β-lactam (4-membered cyclic amide) rings is 1. The minimum atomic E-state index is -0.959. The van der Waals surface area contributed by atoms with Gasteiger partial charge in [-0.2, -0.15) is 5.48 Å². The highest BCUT2D eigenvalue weighted by molar-refractivity contribution is 7.10. The van der Waals surface area contributed by atoms with Crippen LogP contribution in [0.1, 0.15) is 114 Å². The van der Waals surface area contributed by atoms with Crippen LogP contribution < -0.4 is 11.0 Å². The molecule has 4 unspecified atom stereocenters. The number of hydrogen-bond donors (Lipinski definition) is 9. The van der Waals surface area contributed by atoms with Crippen molar-refractivity contribution in [3.05, 3.63) is 71.8 Å². The van der Waals surface area contributed by atoms with Gasteiger partial charge in [0.25, 0.3) is 5.91 Å². The van der Waals surface area contributed by atoms with Gasteiger partial charge in [0.2, 0.25) is 17.6 Å². The zero-order chi connectivity index (χ0) is 70.6. The molecule has 12 atom stereocenters. The molecule has 28 nitrogen and oxygen atoms in total. The van der Waals surface area contributed by atoms with Crippen LogP contribution in [0.25, 0.3) is 0 Å². The fraction of sp³-hybridized carbons (Fsp3) is 0.589. The van der Waals surface area contributed by atoms with Gasteiger partial charge in [-0.25, -0.2) is 15.6 Å².